The molecule has 3 amide bonds. The smallest absolute Gasteiger partial charge is 0.329 e. The number of para-hydroxylation sites is 1. The minimum Gasteiger partial charge on any atom is -0.490 e. The lowest BCUT2D eigenvalue weighted by molar-refractivity contribution is -0.136. The Labute approximate surface area is 215 Å². The predicted molar refractivity (Wildman–Crippen MR) is 143 cm³/mol. The Kier molecular flexibility index (Phi) is 9.37. The van der Waals surface area contributed by atoms with Gasteiger partial charge in [0.15, 0.2) is 18.1 Å². The van der Waals surface area contributed by atoms with Crippen LogP contribution in [0.2, 0.25) is 0 Å². The lowest BCUT2D eigenvalue weighted by Crippen LogP contribution is -2.32. The summed E-state index contributed by atoms with van der Waals surface area (Å²) in [7, 11) is 0. The molecule has 9 nitrogen and oxygen atoms in total. The molecule has 37 heavy (non-hydrogen) atoms. The highest BCUT2D eigenvalue weighted by Crippen LogP contribution is 2.28. The van der Waals surface area contributed by atoms with Gasteiger partial charge in [0.05, 0.1) is 12.8 Å². The molecule has 0 unspecified atom stereocenters. The van der Waals surface area contributed by atoms with Crippen molar-refractivity contribution >= 4 is 35.3 Å². The first kappa shape index (κ1) is 26.9. The molecule has 0 spiro atoms. The normalized spacial score (nSPS) is 10.6. The molecular weight excluding hydrogens is 472 g/mol. The molecule has 3 N–H and O–H groups in total. The number of ether oxygens (including phenoxy) is 2. The molecule has 0 atom stereocenters. The van der Waals surface area contributed by atoms with Gasteiger partial charge in [0, 0.05) is 11.4 Å². The summed E-state index contributed by atoms with van der Waals surface area (Å²) < 4.78 is 11.3. The molecule has 9 heteroatoms. The molecule has 0 aliphatic rings. The van der Waals surface area contributed by atoms with Crippen LogP contribution in [0.3, 0.4) is 0 Å². The Balaban J connectivity index is 1.56. The van der Waals surface area contributed by atoms with Crippen molar-refractivity contribution in [1.82, 2.24) is 5.43 Å². The van der Waals surface area contributed by atoms with E-state index in [0.717, 1.165) is 16.7 Å². The van der Waals surface area contributed by atoms with Gasteiger partial charge < -0.3 is 20.1 Å². The van der Waals surface area contributed by atoms with Crippen LogP contribution in [0.15, 0.2) is 65.8 Å². The second kappa shape index (κ2) is 12.9. The zero-order chi connectivity index (χ0) is 26.8. The molecule has 3 aromatic carbocycles. The van der Waals surface area contributed by atoms with E-state index in [1.54, 1.807) is 30.3 Å². The number of aryl methyl sites for hydroxylation is 3. The van der Waals surface area contributed by atoms with Crippen molar-refractivity contribution in [1.29, 1.82) is 0 Å². The largest absolute Gasteiger partial charge is 0.490 e. The topological polar surface area (TPSA) is 118 Å². The number of carbonyl (C=O) groups excluding carboxylic acids is 3. The van der Waals surface area contributed by atoms with Crippen LogP contribution in [0.5, 0.6) is 11.5 Å². The van der Waals surface area contributed by atoms with Crippen molar-refractivity contribution in [2.24, 2.45) is 5.10 Å². The first-order chi connectivity index (χ1) is 17.8. The van der Waals surface area contributed by atoms with Crippen LogP contribution < -0.4 is 25.5 Å². The van der Waals surface area contributed by atoms with Crippen LogP contribution in [0.4, 0.5) is 11.4 Å². The standard InChI is InChI=1S/C28H30N4O5/c1-5-36-25-15-21(16-29-32-28(35)27(34)31-23-9-7-6-8-19(23)3)11-13-24(25)37-17-26(33)30-22-12-10-18(2)20(4)14-22/h6-16H,5,17H2,1-4H3,(H,30,33)(H,31,34)(H,32,35). The molecule has 3 aromatic rings. The number of hydrazone groups is 1. The van der Waals surface area contributed by atoms with Gasteiger partial charge in [-0.2, -0.15) is 5.10 Å². The quantitative estimate of drug-likeness (QED) is 0.231. The van der Waals surface area contributed by atoms with E-state index in [2.05, 4.69) is 21.2 Å². The van der Waals surface area contributed by atoms with Gasteiger partial charge in [-0.15, -0.1) is 0 Å². The Morgan fingerprint density at radius 2 is 1.59 bits per heavy atom. The molecule has 0 heterocycles. The molecule has 0 radical (unpaired) electrons. The summed E-state index contributed by atoms with van der Waals surface area (Å²) >= 11 is 0. The van der Waals surface area contributed by atoms with Crippen LogP contribution >= 0.6 is 0 Å². The predicted octanol–water partition coefficient (Wildman–Crippen LogP) is 4.12. The molecule has 0 aromatic heterocycles. The number of amides is 3. The number of carbonyl (C=O) groups is 3. The number of nitrogens with one attached hydrogen (secondary N) is 3. The summed E-state index contributed by atoms with van der Waals surface area (Å²) in [6.45, 7) is 7.81. The maximum absolute atomic E-state index is 12.3. The first-order valence-corrected chi connectivity index (χ1v) is 11.7. The number of anilines is 2. The highest BCUT2D eigenvalue weighted by Gasteiger charge is 2.14. The third-order valence-electron chi connectivity index (χ3n) is 5.40. The minimum absolute atomic E-state index is 0.202. The number of rotatable bonds is 9. The van der Waals surface area contributed by atoms with E-state index in [9.17, 15) is 14.4 Å². The van der Waals surface area contributed by atoms with Crippen molar-refractivity contribution in [3.05, 3.63) is 82.9 Å². The highest BCUT2D eigenvalue weighted by atomic mass is 16.5. The molecular formula is C28H30N4O5. The van der Waals surface area contributed by atoms with Gasteiger partial charge in [-0.05, 0) is 86.3 Å². The van der Waals surface area contributed by atoms with Gasteiger partial charge in [0.2, 0.25) is 0 Å². The number of hydrogen-bond acceptors (Lipinski definition) is 6. The number of nitrogens with zero attached hydrogens (tertiary/aromatic N) is 1. The summed E-state index contributed by atoms with van der Waals surface area (Å²) in [5.41, 5.74) is 7.10. The molecule has 0 fully saturated rings. The van der Waals surface area contributed by atoms with Crippen LogP contribution in [-0.2, 0) is 14.4 Å². The summed E-state index contributed by atoms with van der Waals surface area (Å²) in [4.78, 5) is 36.5. The van der Waals surface area contributed by atoms with Crippen molar-refractivity contribution in [2.75, 3.05) is 23.8 Å². The molecule has 3 rings (SSSR count). The Morgan fingerprint density at radius 1 is 0.811 bits per heavy atom. The summed E-state index contributed by atoms with van der Waals surface area (Å²) in [5.74, 6) is -1.24. The van der Waals surface area contributed by atoms with Gasteiger partial charge in [-0.25, -0.2) is 5.43 Å². The van der Waals surface area contributed by atoms with E-state index in [1.165, 1.54) is 6.21 Å². The Morgan fingerprint density at radius 3 is 2.32 bits per heavy atom. The van der Waals surface area contributed by atoms with Crippen molar-refractivity contribution in [3.63, 3.8) is 0 Å². The Hall–Kier alpha value is -4.66. The fraction of sp³-hybridized carbons (Fsp3) is 0.214. The fourth-order valence-corrected chi connectivity index (χ4v) is 3.26. The summed E-state index contributed by atoms with van der Waals surface area (Å²) in [5, 5.41) is 9.20. The monoisotopic (exact) mass is 502 g/mol. The molecule has 0 aliphatic carbocycles. The molecule has 0 saturated carbocycles. The third kappa shape index (κ3) is 7.93. The molecule has 192 valence electrons. The zero-order valence-corrected chi connectivity index (χ0v) is 21.3. The van der Waals surface area contributed by atoms with Crippen molar-refractivity contribution < 1.29 is 23.9 Å². The molecule has 0 bridgehead atoms. The average molecular weight is 503 g/mol. The van der Waals surface area contributed by atoms with Crippen LogP contribution in [0.25, 0.3) is 0 Å². The lowest BCUT2D eigenvalue weighted by atomic mass is 10.1. The third-order valence-corrected chi connectivity index (χ3v) is 5.40. The van der Waals surface area contributed by atoms with E-state index in [1.807, 2.05) is 58.0 Å². The SMILES string of the molecule is CCOc1cc(C=NNC(=O)C(=O)Nc2ccccc2C)ccc1OCC(=O)Nc1ccc(C)c(C)c1. The first-order valence-electron chi connectivity index (χ1n) is 11.7. The van der Waals surface area contributed by atoms with Gasteiger partial charge in [0.25, 0.3) is 5.91 Å². The summed E-state index contributed by atoms with van der Waals surface area (Å²) in [6.07, 6.45) is 1.37. The second-order valence-electron chi connectivity index (χ2n) is 8.24. The van der Waals surface area contributed by atoms with Gasteiger partial charge in [-0.1, -0.05) is 24.3 Å². The molecule has 0 aliphatic heterocycles. The molecule has 0 saturated heterocycles. The maximum Gasteiger partial charge on any atom is 0.329 e. The average Bonchev–Trinajstić information content (AvgIpc) is 2.87. The van der Waals surface area contributed by atoms with Gasteiger partial charge >= 0.3 is 11.8 Å². The van der Waals surface area contributed by atoms with Crippen LogP contribution in [-0.4, -0.2) is 37.1 Å². The fourth-order valence-electron chi connectivity index (χ4n) is 3.26. The van der Waals surface area contributed by atoms with Gasteiger partial charge in [0.1, 0.15) is 0 Å². The number of benzene rings is 3. The van der Waals surface area contributed by atoms with Gasteiger partial charge in [-0.3, -0.25) is 14.4 Å². The van der Waals surface area contributed by atoms with Crippen molar-refractivity contribution in [2.45, 2.75) is 27.7 Å². The van der Waals surface area contributed by atoms with E-state index < -0.39 is 11.8 Å². The van der Waals surface area contributed by atoms with E-state index in [4.69, 9.17) is 9.47 Å². The van der Waals surface area contributed by atoms with Crippen molar-refractivity contribution in [3.8, 4) is 11.5 Å². The van der Waals surface area contributed by atoms with E-state index >= 15 is 0 Å². The summed E-state index contributed by atoms with van der Waals surface area (Å²) in [6, 6.07) is 17.8. The second-order valence-corrected chi connectivity index (χ2v) is 8.24. The number of hydrogen-bond donors (Lipinski definition) is 3. The van der Waals surface area contributed by atoms with Crippen LogP contribution in [0, 0.1) is 20.8 Å². The lowest BCUT2D eigenvalue weighted by Gasteiger charge is -2.13. The maximum atomic E-state index is 12.3. The van der Waals surface area contributed by atoms with Crippen LogP contribution in [0.1, 0.15) is 29.2 Å². The zero-order valence-electron chi connectivity index (χ0n) is 21.3. The minimum atomic E-state index is -0.903. The van der Waals surface area contributed by atoms with E-state index in [-0.39, 0.29) is 12.5 Å². The highest BCUT2D eigenvalue weighted by molar-refractivity contribution is 6.39. The van der Waals surface area contributed by atoms with E-state index in [0.29, 0.717) is 35.0 Å². The Bertz CT molecular complexity index is 1320.